The van der Waals surface area contributed by atoms with Gasteiger partial charge in [0.2, 0.25) is 17.6 Å². The Hall–Kier alpha value is -3.60. The second-order valence-electron chi connectivity index (χ2n) is 7.17. The summed E-state index contributed by atoms with van der Waals surface area (Å²) < 4.78 is 6.47. The van der Waals surface area contributed by atoms with Gasteiger partial charge in [0.1, 0.15) is 0 Å². The Balaban J connectivity index is 1.39. The normalized spacial score (nSPS) is 18.7. The first kappa shape index (κ1) is 19.7. The van der Waals surface area contributed by atoms with Crippen LogP contribution in [0.15, 0.2) is 44.8 Å². The van der Waals surface area contributed by atoms with Gasteiger partial charge in [0.25, 0.3) is 5.56 Å². The maximum atomic E-state index is 12.6. The number of aryl methyl sites for hydroxylation is 2. The van der Waals surface area contributed by atoms with Gasteiger partial charge in [-0.15, -0.1) is 0 Å². The van der Waals surface area contributed by atoms with Gasteiger partial charge in [0.15, 0.2) is 0 Å². The van der Waals surface area contributed by atoms with Crippen molar-refractivity contribution in [2.24, 2.45) is 0 Å². The molecule has 156 valence electrons. The number of carbonyl (C=O) groups is 1. The van der Waals surface area contributed by atoms with Crippen LogP contribution >= 0.6 is 0 Å². The Kier molecular flexibility index (Phi) is 5.27. The first-order valence-corrected chi connectivity index (χ1v) is 9.43. The summed E-state index contributed by atoms with van der Waals surface area (Å²) in [5, 5.41) is 14.3. The van der Waals surface area contributed by atoms with E-state index in [9.17, 15) is 19.5 Å². The van der Waals surface area contributed by atoms with E-state index in [-0.39, 0.29) is 31.8 Å². The molecule has 1 saturated heterocycles. The Bertz CT molecular complexity index is 1170. The number of amides is 1. The van der Waals surface area contributed by atoms with Gasteiger partial charge in [0, 0.05) is 55.6 Å². The minimum absolute atomic E-state index is 0.0961. The van der Waals surface area contributed by atoms with E-state index in [1.165, 1.54) is 15.7 Å². The van der Waals surface area contributed by atoms with E-state index in [4.69, 9.17) is 4.52 Å². The number of aromatic amines is 1. The molecule has 0 spiro atoms. The highest BCUT2D eigenvalue weighted by atomic mass is 16.5. The Morgan fingerprint density at radius 2 is 2.20 bits per heavy atom. The molecule has 2 N–H and O–H groups in total. The third kappa shape index (κ3) is 3.92. The van der Waals surface area contributed by atoms with Crippen molar-refractivity contribution in [2.45, 2.75) is 31.9 Å². The van der Waals surface area contributed by atoms with Crippen molar-refractivity contribution in [3.63, 3.8) is 0 Å². The van der Waals surface area contributed by atoms with E-state index in [1.54, 1.807) is 31.5 Å². The van der Waals surface area contributed by atoms with E-state index < -0.39 is 23.4 Å². The molecule has 0 bridgehead atoms. The molecule has 1 amide bonds. The van der Waals surface area contributed by atoms with E-state index in [0.29, 0.717) is 22.8 Å². The Labute approximate surface area is 170 Å². The van der Waals surface area contributed by atoms with Crippen molar-refractivity contribution in [2.75, 3.05) is 13.1 Å². The van der Waals surface area contributed by atoms with Crippen LogP contribution in [0, 0.1) is 6.92 Å². The van der Waals surface area contributed by atoms with Crippen molar-refractivity contribution in [1.82, 2.24) is 29.6 Å². The summed E-state index contributed by atoms with van der Waals surface area (Å²) in [6, 6.07) is 2.94. The van der Waals surface area contributed by atoms with Crippen LogP contribution in [0.2, 0.25) is 0 Å². The topological polar surface area (TPSA) is 147 Å². The zero-order valence-corrected chi connectivity index (χ0v) is 16.2. The summed E-state index contributed by atoms with van der Waals surface area (Å²) in [7, 11) is 0. The molecule has 3 aromatic heterocycles. The van der Waals surface area contributed by atoms with Gasteiger partial charge < -0.3 is 14.5 Å². The molecular formula is C19H20N6O5. The highest BCUT2D eigenvalue weighted by molar-refractivity contribution is 5.76. The number of nitrogens with one attached hydrogen (secondary N) is 1. The molecular weight excluding hydrogens is 392 g/mol. The molecule has 1 aliphatic heterocycles. The first-order valence-electron chi connectivity index (χ1n) is 9.43. The molecule has 0 unspecified atom stereocenters. The molecule has 11 nitrogen and oxygen atoms in total. The van der Waals surface area contributed by atoms with Crippen LogP contribution in [0.25, 0.3) is 11.4 Å². The number of hydrogen-bond donors (Lipinski definition) is 2. The number of carbonyl (C=O) groups excluding carboxylic acids is 1. The van der Waals surface area contributed by atoms with Gasteiger partial charge in [-0.2, -0.15) is 4.98 Å². The predicted octanol–water partition coefficient (Wildman–Crippen LogP) is -0.333. The number of H-pyrrole nitrogens is 1. The van der Waals surface area contributed by atoms with Crippen LogP contribution in [-0.2, 0) is 11.2 Å². The monoisotopic (exact) mass is 412 g/mol. The van der Waals surface area contributed by atoms with E-state index in [0.717, 1.165) is 0 Å². The van der Waals surface area contributed by atoms with Crippen LogP contribution in [0.5, 0.6) is 0 Å². The Morgan fingerprint density at radius 3 is 2.97 bits per heavy atom. The number of β-amino-alcohol motifs (C(OH)–C–C–N with tert-alkyl or cyclic N) is 1. The number of aliphatic hydroxyl groups is 1. The van der Waals surface area contributed by atoms with Crippen molar-refractivity contribution in [3.8, 4) is 11.4 Å². The second-order valence-corrected chi connectivity index (χ2v) is 7.17. The lowest BCUT2D eigenvalue weighted by Crippen LogP contribution is -2.37. The minimum Gasteiger partial charge on any atom is -0.389 e. The predicted molar refractivity (Wildman–Crippen MR) is 104 cm³/mol. The lowest BCUT2D eigenvalue weighted by Gasteiger charge is -2.17. The van der Waals surface area contributed by atoms with Gasteiger partial charge >= 0.3 is 5.69 Å². The molecule has 4 rings (SSSR count). The van der Waals surface area contributed by atoms with Crippen LogP contribution in [-0.4, -0.2) is 59.8 Å². The maximum absolute atomic E-state index is 12.6. The SMILES string of the molecule is Cc1cn([C@@H]2CN(C(=O)CCc3nc(-c4cccnc4)no3)C[C@H]2O)c(=O)[nH]c1=O. The molecule has 0 aromatic carbocycles. The molecule has 0 saturated carbocycles. The molecule has 3 aromatic rings. The Morgan fingerprint density at radius 1 is 1.37 bits per heavy atom. The van der Waals surface area contributed by atoms with E-state index in [1.807, 2.05) is 0 Å². The van der Waals surface area contributed by atoms with Crippen LogP contribution in [0.4, 0.5) is 0 Å². The fourth-order valence-electron chi connectivity index (χ4n) is 3.42. The number of hydrogen-bond acceptors (Lipinski definition) is 8. The fraction of sp³-hybridized carbons (Fsp3) is 0.368. The van der Waals surface area contributed by atoms with Gasteiger partial charge in [0.05, 0.1) is 12.1 Å². The van der Waals surface area contributed by atoms with Crippen LogP contribution in [0.1, 0.15) is 23.9 Å². The average molecular weight is 412 g/mol. The molecule has 0 aliphatic carbocycles. The average Bonchev–Trinajstić information content (AvgIpc) is 3.36. The van der Waals surface area contributed by atoms with Gasteiger partial charge in [-0.25, -0.2) is 4.79 Å². The smallest absolute Gasteiger partial charge is 0.328 e. The zero-order chi connectivity index (χ0) is 21.3. The molecule has 11 heteroatoms. The van der Waals surface area contributed by atoms with Crippen molar-refractivity contribution >= 4 is 5.91 Å². The lowest BCUT2D eigenvalue weighted by molar-refractivity contribution is -0.130. The zero-order valence-electron chi connectivity index (χ0n) is 16.2. The number of pyridine rings is 1. The number of likely N-dealkylation sites (tertiary alicyclic amines) is 1. The number of nitrogens with zero attached hydrogens (tertiary/aromatic N) is 5. The summed E-state index contributed by atoms with van der Waals surface area (Å²) in [5.74, 6) is 0.521. The van der Waals surface area contributed by atoms with Gasteiger partial charge in [-0.1, -0.05) is 5.16 Å². The summed E-state index contributed by atoms with van der Waals surface area (Å²) in [5.41, 5.74) is -0.0158. The molecule has 2 atom stereocenters. The summed E-state index contributed by atoms with van der Waals surface area (Å²) in [6.07, 6.45) is 4.11. The molecule has 0 radical (unpaired) electrons. The standard InChI is InChI=1S/C19H20N6O5/c1-11-8-25(19(29)22-18(11)28)13-9-24(10-14(13)26)16(27)5-4-15-21-17(23-30-15)12-3-2-6-20-7-12/h2-3,6-8,13-14,26H,4-5,9-10H2,1H3,(H,22,28,29)/t13-,14-/m1/s1. The van der Waals surface area contributed by atoms with Crippen molar-refractivity contribution in [1.29, 1.82) is 0 Å². The summed E-state index contributed by atoms with van der Waals surface area (Å²) in [6.45, 7) is 1.83. The number of aromatic nitrogens is 5. The van der Waals surface area contributed by atoms with E-state index in [2.05, 4.69) is 20.1 Å². The third-order valence-corrected chi connectivity index (χ3v) is 5.06. The minimum atomic E-state index is -0.919. The molecule has 30 heavy (non-hydrogen) atoms. The highest BCUT2D eigenvalue weighted by Crippen LogP contribution is 2.22. The summed E-state index contributed by atoms with van der Waals surface area (Å²) >= 11 is 0. The number of rotatable bonds is 5. The quantitative estimate of drug-likeness (QED) is 0.579. The van der Waals surface area contributed by atoms with Gasteiger partial charge in [-0.3, -0.25) is 24.1 Å². The highest BCUT2D eigenvalue weighted by Gasteiger charge is 2.35. The van der Waals surface area contributed by atoms with Crippen LogP contribution < -0.4 is 11.2 Å². The van der Waals surface area contributed by atoms with Crippen LogP contribution in [0.3, 0.4) is 0 Å². The maximum Gasteiger partial charge on any atom is 0.328 e. The van der Waals surface area contributed by atoms with Crippen molar-refractivity contribution in [3.05, 3.63) is 63.0 Å². The largest absolute Gasteiger partial charge is 0.389 e. The third-order valence-electron chi connectivity index (χ3n) is 5.06. The van der Waals surface area contributed by atoms with Gasteiger partial charge in [-0.05, 0) is 19.1 Å². The first-order chi connectivity index (χ1) is 14.4. The second kappa shape index (κ2) is 8.03. The molecule has 4 heterocycles. The number of aliphatic hydroxyl groups excluding tert-OH is 1. The van der Waals surface area contributed by atoms with E-state index >= 15 is 0 Å². The van der Waals surface area contributed by atoms with Crippen molar-refractivity contribution < 1.29 is 14.4 Å². The summed E-state index contributed by atoms with van der Waals surface area (Å²) in [4.78, 5) is 48.2. The fourth-order valence-corrected chi connectivity index (χ4v) is 3.42. The lowest BCUT2D eigenvalue weighted by atomic mass is 10.2. The molecule has 1 fully saturated rings. The molecule has 1 aliphatic rings.